The summed E-state index contributed by atoms with van der Waals surface area (Å²) in [6.07, 6.45) is 1.33. The van der Waals surface area contributed by atoms with E-state index in [0.717, 1.165) is 10.2 Å². The number of hydrogen-bond acceptors (Lipinski definition) is 5. The van der Waals surface area contributed by atoms with Crippen molar-refractivity contribution in [1.82, 2.24) is 4.57 Å². The number of rotatable bonds is 5. The molecule has 136 valence electrons. The molecule has 1 aromatic heterocycles. The van der Waals surface area contributed by atoms with E-state index in [0.29, 0.717) is 10.6 Å². The van der Waals surface area contributed by atoms with Gasteiger partial charge in [0.2, 0.25) is 0 Å². The molecule has 0 aliphatic carbocycles. The van der Waals surface area contributed by atoms with Crippen LogP contribution in [0.5, 0.6) is 5.75 Å². The molecule has 1 heterocycles. The van der Waals surface area contributed by atoms with Crippen LogP contribution in [0.3, 0.4) is 0 Å². The number of ether oxygens (including phenoxy) is 1. The molecule has 0 aliphatic rings. The van der Waals surface area contributed by atoms with Crippen LogP contribution in [0.25, 0.3) is 10.2 Å². The van der Waals surface area contributed by atoms with Gasteiger partial charge in [0.15, 0.2) is 14.6 Å². The van der Waals surface area contributed by atoms with Crippen molar-refractivity contribution in [2.45, 2.75) is 11.3 Å². The number of nitrogens with zero attached hydrogens (tertiary/aromatic N) is 2. The molecule has 0 saturated carbocycles. The van der Waals surface area contributed by atoms with E-state index in [9.17, 15) is 13.2 Å². The van der Waals surface area contributed by atoms with Gasteiger partial charge in [0.1, 0.15) is 5.75 Å². The number of benzene rings is 2. The SMILES string of the molecule is Cn1c(=NC(=O)CCOc2ccccc2)sc2cc(S(C)(=O)=O)ccc21. The largest absolute Gasteiger partial charge is 0.493 e. The van der Waals surface area contributed by atoms with Crippen molar-refractivity contribution in [3.05, 3.63) is 53.3 Å². The van der Waals surface area contributed by atoms with Crippen molar-refractivity contribution in [3.63, 3.8) is 0 Å². The average molecular weight is 390 g/mol. The molecule has 0 bridgehead atoms. The second-order valence-electron chi connectivity index (χ2n) is 5.76. The molecule has 0 aliphatic heterocycles. The average Bonchev–Trinajstić information content (AvgIpc) is 2.90. The van der Waals surface area contributed by atoms with Gasteiger partial charge in [0.05, 0.1) is 28.1 Å². The van der Waals surface area contributed by atoms with Crippen LogP contribution >= 0.6 is 11.3 Å². The van der Waals surface area contributed by atoms with Crippen LogP contribution < -0.4 is 9.54 Å². The highest BCUT2D eigenvalue weighted by Gasteiger charge is 2.11. The molecule has 1 amide bonds. The maximum absolute atomic E-state index is 12.1. The van der Waals surface area contributed by atoms with Gasteiger partial charge in [0, 0.05) is 13.3 Å². The molecule has 0 saturated heterocycles. The number of aromatic nitrogens is 1. The summed E-state index contributed by atoms with van der Waals surface area (Å²) in [5.41, 5.74) is 0.828. The summed E-state index contributed by atoms with van der Waals surface area (Å²) in [6, 6.07) is 14.2. The number of para-hydroxylation sites is 1. The molecule has 6 nitrogen and oxygen atoms in total. The third-order valence-electron chi connectivity index (χ3n) is 3.76. The van der Waals surface area contributed by atoms with Crippen molar-refractivity contribution in [3.8, 4) is 5.75 Å². The normalized spacial score (nSPS) is 12.5. The zero-order valence-corrected chi connectivity index (χ0v) is 16.0. The van der Waals surface area contributed by atoms with Crippen molar-refractivity contribution in [2.24, 2.45) is 12.0 Å². The zero-order chi connectivity index (χ0) is 18.7. The number of thiazole rings is 1. The molecule has 2 aromatic carbocycles. The van der Waals surface area contributed by atoms with Gasteiger partial charge in [-0.05, 0) is 30.3 Å². The van der Waals surface area contributed by atoms with Crippen LogP contribution in [0.1, 0.15) is 6.42 Å². The van der Waals surface area contributed by atoms with Gasteiger partial charge in [-0.15, -0.1) is 0 Å². The van der Waals surface area contributed by atoms with Crippen LogP contribution in [-0.4, -0.2) is 31.8 Å². The highest BCUT2D eigenvalue weighted by atomic mass is 32.2. The second kappa shape index (κ2) is 7.43. The lowest BCUT2D eigenvalue weighted by Gasteiger charge is -2.03. The first kappa shape index (κ1) is 18.3. The molecular formula is C18H18N2O4S2. The predicted octanol–water partition coefficient (Wildman–Crippen LogP) is 2.54. The summed E-state index contributed by atoms with van der Waals surface area (Å²) in [4.78, 5) is 17.0. The van der Waals surface area contributed by atoms with E-state index in [1.165, 1.54) is 17.6 Å². The number of fused-ring (bicyclic) bond motifs is 1. The Morgan fingerprint density at radius 2 is 1.92 bits per heavy atom. The fourth-order valence-electron chi connectivity index (χ4n) is 2.39. The Bertz CT molecular complexity index is 1110. The number of amides is 1. The molecule has 0 radical (unpaired) electrons. The van der Waals surface area contributed by atoms with Crippen LogP contribution in [-0.2, 0) is 21.7 Å². The van der Waals surface area contributed by atoms with E-state index in [4.69, 9.17) is 4.74 Å². The maximum atomic E-state index is 12.1. The van der Waals surface area contributed by atoms with Crippen LogP contribution in [0.2, 0.25) is 0 Å². The Balaban J connectivity index is 1.78. The predicted molar refractivity (Wildman–Crippen MR) is 101 cm³/mol. The Kier molecular flexibility index (Phi) is 5.24. The highest BCUT2D eigenvalue weighted by molar-refractivity contribution is 7.90. The number of sulfone groups is 1. The van der Waals surface area contributed by atoms with Gasteiger partial charge in [-0.1, -0.05) is 29.5 Å². The molecular weight excluding hydrogens is 372 g/mol. The van der Waals surface area contributed by atoms with Gasteiger partial charge < -0.3 is 9.30 Å². The Labute approximate surface area is 155 Å². The van der Waals surface area contributed by atoms with Gasteiger partial charge >= 0.3 is 0 Å². The van der Waals surface area contributed by atoms with Gasteiger partial charge in [-0.2, -0.15) is 4.99 Å². The highest BCUT2D eigenvalue weighted by Crippen LogP contribution is 2.21. The third-order valence-corrected chi connectivity index (χ3v) is 5.96. The Morgan fingerprint density at radius 1 is 1.19 bits per heavy atom. The summed E-state index contributed by atoms with van der Waals surface area (Å²) in [5, 5.41) is 0. The van der Waals surface area contributed by atoms with Crippen molar-refractivity contribution >= 4 is 37.3 Å². The Hall–Kier alpha value is -2.45. The number of aryl methyl sites for hydroxylation is 1. The zero-order valence-electron chi connectivity index (χ0n) is 14.4. The first-order valence-electron chi connectivity index (χ1n) is 7.89. The standard InChI is InChI=1S/C18H18N2O4S2/c1-20-15-9-8-14(26(2,22)23)12-16(15)25-18(20)19-17(21)10-11-24-13-6-4-3-5-7-13/h3-9,12H,10-11H2,1-2H3. The minimum atomic E-state index is -3.28. The molecule has 26 heavy (non-hydrogen) atoms. The van der Waals surface area contributed by atoms with E-state index < -0.39 is 9.84 Å². The molecule has 0 unspecified atom stereocenters. The van der Waals surface area contributed by atoms with E-state index in [-0.39, 0.29) is 23.8 Å². The maximum Gasteiger partial charge on any atom is 0.251 e. The number of carbonyl (C=O) groups is 1. The molecule has 3 aromatic rings. The van der Waals surface area contributed by atoms with E-state index in [1.807, 2.05) is 30.3 Å². The third kappa shape index (κ3) is 4.20. The fraction of sp³-hybridized carbons (Fsp3) is 0.222. The lowest BCUT2D eigenvalue weighted by atomic mass is 10.3. The lowest BCUT2D eigenvalue weighted by molar-refractivity contribution is -0.118. The lowest BCUT2D eigenvalue weighted by Crippen LogP contribution is -2.14. The summed E-state index contributed by atoms with van der Waals surface area (Å²) < 4.78 is 31.4. The molecule has 0 atom stereocenters. The summed E-state index contributed by atoms with van der Waals surface area (Å²) in [7, 11) is -1.48. The van der Waals surface area contributed by atoms with Crippen LogP contribution in [0, 0.1) is 0 Å². The van der Waals surface area contributed by atoms with Crippen molar-refractivity contribution in [2.75, 3.05) is 12.9 Å². The topological polar surface area (TPSA) is 77.7 Å². The molecule has 3 rings (SSSR count). The fourth-order valence-corrected chi connectivity index (χ4v) is 4.18. The monoisotopic (exact) mass is 390 g/mol. The summed E-state index contributed by atoms with van der Waals surface area (Å²) in [5.74, 6) is 0.424. The minimum absolute atomic E-state index is 0.164. The smallest absolute Gasteiger partial charge is 0.251 e. The van der Waals surface area contributed by atoms with E-state index >= 15 is 0 Å². The number of carbonyl (C=O) groups excluding carboxylic acids is 1. The first-order valence-corrected chi connectivity index (χ1v) is 10.6. The van der Waals surface area contributed by atoms with E-state index in [2.05, 4.69) is 4.99 Å². The van der Waals surface area contributed by atoms with Gasteiger partial charge in [0.25, 0.3) is 5.91 Å². The Morgan fingerprint density at radius 3 is 2.62 bits per heavy atom. The molecule has 8 heteroatoms. The summed E-state index contributed by atoms with van der Waals surface area (Å²) in [6.45, 7) is 0.249. The molecule has 0 fully saturated rings. The van der Waals surface area contributed by atoms with Crippen LogP contribution in [0.4, 0.5) is 0 Å². The first-order chi connectivity index (χ1) is 12.3. The second-order valence-corrected chi connectivity index (χ2v) is 8.79. The minimum Gasteiger partial charge on any atom is -0.493 e. The van der Waals surface area contributed by atoms with Gasteiger partial charge in [-0.25, -0.2) is 8.42 Å². The number of hydrogen-bond donors (Lipinski definition) is 0. The molecule has 0 N–H and O–H groups in total. The molecule has 0 spiro atoms. The van der Waals surface area contributed by atoms with E-state index in [1.54, 1.807) is 29.8 Å². The van der Waals surface area contributed by atoms with Gasteiger partial charge in [-0.3, -0.25) is 4.79 Å². The van der Waals surface area contributed by atoms with Crippen LogP contribution in [0.15, 0.2) is 58.4 Å². The summed E-state index contributed by atoms with van der Waals surface area (Å²) >= 11 is 1.28. The van der Waals surface area contributed by atoms with Crippen molar-refractivity contribution < 1.29 is 17.9 Å². The van der Waals surface area contributed by atoms with Crippen molar-refractivity contribution in [1.29, 1.82) is 0 Å². The quantitative estimate of drug-likeness (QED) is 0.671.